The summed E-state index contributed by atoms with van der Waals surface area (Å²) in [5, 5.41) is 4.54. The highest BCUT2D eigenvalue weighted by Crippen LogP contribution is 2.23. The van der Waals surface area contributed by atoms with Crippen LogP contribution in [0.15, 0.2) is 30.5 Å². The number of fused-ring (bicyclic) bond motifs is 1. The molecule has 0 unspecified atom stereocenters. The average Bonchev–Trinajstić information content (AvgIpc) is 2.61. The van der Waals surface area contributed by atoms with Crippen molar-refractivity contribution in [1.82, 2.24) is 9.61 Å². The van der Waals surface area contributed by atoms with Crippen LogP contribution in [0.5, 0.6) is 0 Å². The predicted octanol–water partition coefficient (Wildman–Crippen LogP) is 2.26. The number of aromatic nitrogens is 2. The molecule has 2 rings (SSSR count). The highest BCUT2D eigenvalue weighted by atomic mass is 16.5. The van der Waals surface area contributed by atoms with Crippen molar-refractivity contribution in [3.8, 4) is 0 Å². The van der Waals surface area contributed by atoms with Crippen LogP contribution in [0, 0.1) is 0 Å². The van der Waals surface area contributed by atoms with Gasteiger partial charge in [-0.1, -0.05) is 19.9 Å². The molecule has 0 N–H and O–H groups in total. The maximum Gasteiger partial charge on any atom is 0.0714 e. The molecule has 15 heavy (non-hydrogen) atoms. The lowest BCUT2D eigenvalue weighted by Gasteiger charge is -2.20. The van der Waals surface area contributed by atoms with Gasteiger partial charge in [-0.3, -0.25) is 0 Å². The molecular formula is C12H16N2O. The molecule has 0 fully saturated rings. The number of ether oxygens (including phenoxy) is 1. The Labute approximate surface area is 89.7 Å². The first-order valence-corrected chi connectivity index (χ1v) is 5.07. The molecule has 80 valence electrons. The summed E-state index contributed by atoms with van der Waals surface area (Å²) in [7, 11) is 1.72. The van der Waals surface area contributed by atoms with Crippen LogP contribution in [0.25, 0.3) is 5.52 Å². The van der Waals surface area contributed by atoms with Crippen molar-refractivity contribution in [1.29, 1.82) is 0 Å². The van der Waals surface area contributed by atoms with Crippen LogP contribution in [0.1, 0.15) is 19.5 Å². The summed E-state index contributed by atoms with van der Waals surface area (Å²) in [4.78, 5) is 0. The monoisotopic (exact) mass is 204 g/mol. The molecule has 0 radical (unpaired) electrons. The van der Waals surface area contributed by atoms with E-state index in [1.807, 2.05) is 22.8 Å². The summed E-state index contributed by atoms with van der Waals surface area (Å²) in [6.07, 6.45) is 1.96. The lowest BCUT2D eigenvalue weighted by atomic mass is 9.90. The van der Waals surface area contributed by atoms with Crippen LogP contribution in [0.3, 0.4) is 0 Å². The maximum absolute atomic E-state index is 5.21. The number of nitrogens with zero attached hydrogens (tertiary/aromatic N) is 2. The molecule has 3 heteroatoms. The average molecular weight is 204 g/mol. The lowest BCUT2D eigenvalue weighted by molar-refractivity contribution is 0.144. The molecule has 0 saturated carbocycles. The van der Waals surface area contributed by atoms with Gasteiger partial charge in [-0.05, 0) is 18.2 Å². The van der Waals surface area contributed by atoms with Gasteiger partial charge < -0.3 is 4.74 Å². The summed E-state index contributed by atoms with van der Waals surface area (Å²) in [5.41, 5.74) is 2.15. The Hall–Kier alpha value is -1.35. The Morgan fingerprint density at radius 2 is 2.20 bits per heavy atom. The molecule has 0 aliphatic heterocycles. The van der Waals surface area contributed by atoms with Crippen LogP contribution >= 0.6 is 0 Å². The van der Waals surface area contributed by atoms with Gasteiger partial charge in [0.05, 0.1) is 17.8 Å². The van der Waals surface area contributed by atoms with Gasteiger partial charge in [0.1, 0.15) is 0 Å². The summed E-state index contributed by atoms with van der Waals surface area (Å²) < 4.78 is 7.10. The van der Waals surface area contributed by atoms with E-state index in [2.05, 4.69) is 31.1 Å². The quantitative estimate of drug-likeness (QED) is 0.766. The molecule has 2 heterocycles. The molecule has 0 amide bonds. The molecule has 3 nitrogen and oxygen atoms in total. The first kappa shape index (κ1) is 10.2. The summed E-state index contributed by atoms with van der Waals surface area (Å²) >= 11 is 0. The number of methoxy groups -OCH3 is 1. The van der Waals surface area contributed by atoms with Crippen LogP contribution in [0.4, 0.5) is 0 Å². The van der Waals surface area contributed by atoms with Gasteiger partial charge in [0.2, 0.25) is 0 Å². The van der Waals surface area contributed by atoms with Gasteiger partial charge in [-0.25, -0.2) is 4.52 Å². The number of rotatable bonds is 3. The Balaban J connectivity index is 2.44. The van der Waals surface area contributed by atoms with Gasteiger partial charge in [0.15, 0.2) is 0 Å². The topological polar surface area (TPSA) is 26.5 Å². The molecule has 0 aromatic carbocycles. The fourth-order valence-corrected chi connectivity index (χ4v) is 1.70. The molecule has 0 aliphatic carbocycles. The normalized spacial score (nSPS) is 12.2. The highest BCUT2D eigenvalue weighted by Gasteiger charge is 2.23. The molecule has 0 spiro atoms. The Kier molecular flexibility index (Phi) is 2.49. The van der Waals surface area contributed by atoms with Gasteiger partial charge >= 0.3 is 0 Å². The summed E-state index contributed by atoms with van der Waals surface area (Å²) in [6, 6.07) is 8.16. The van der Waals surface area contributed by atoms with Crippen LogP contribution in [-0.2, 0) is 10.2 Å². The molecule has 0 aliphatic rings. The second kappa shape index (κ2) is 3.66. The maximum atomic E-state index is 5.21. The van der Waals surface area contributed by atoms with Crippen molar-refractivity contribution in [3.05, 3.63) is 36.2 Å². The molecular weight excluding hydrogens is 188 g/mol. The standard InChI is InChI=1S/C12H16N2O/c1-12(2,9-15-3)11-8-10-6-4-5-7-14(10)13-11/h4-8H,9H2,1-3H3. The summed E-state index contributed by atoms with van der Waals surface area (Å²) in [5.74, 6) is 0. The van der Waals surface area contributed by atoms with Gasteiger partial charge in [-0.2, -0.15) is 5.10 Å². The minimum atomic E-state index is -0.0409. The highest BCUT2D eigenvalue weighted by molar-refractivity contribution is 5.48. The first-order chi connectivity index (χ1) is 7.13. The second-order valence-corrected chi connectivity index (χ2v) is 4.42. The first-order valence-electron chi connectivity index (χ1n) is 5.07. The Morgan fingerprint density at radius 1 is 1.40 bits per heavy atom. The van der Waals surface area contributed by atoms with Crippen molar-refractivity contribution >= 4 is 5.52 Å². The van der Waals surface area contributed by atoms with E-state index in [1.165, 1.54) is 0 Å². The molecule has 2 aromatic rings. The van der Waals surface area contributed by atoms with E-state index in [4.69, 9.17) is 4.74 Å². The zero-order chi connectivity index (χ0) is 10.9. The zero-order valence-electron chi connectivity index (χ0n) is 9.40. The van der Waals surface area contributed by atoms with Crippen molar-refractivity contribution < 1.29 is 4.74 Å². The van der Waals surface area contributed by atoms with E-state index in [-0.39, 0.29) is 5.41 Å². The largest absolute Gasteiger partial charge is 0.384 e. The fourth-order valence-electron chi connectivity index (χ4n) is 1.70. The second-order valence-electron chi connectivity index (χ2n) is 4.42. The fraction of sp³-hybridized carbons (Fsp3) is 0.417. The van der Waals surface area contributed by atoms with Crippen LogP contribution in [0.2, 0.25) is 0 Å². The van der Waals surface area contributed by atoms with Crippen LogP contribution in [-0.4, -0.2) is 23.3 Å². The third-order valence-corrected chi connectivity index (χ3v) is 2.57. The van der Waals surface area contributed by atoms with Gasteiger partial charge in [-0.15, -0.1) is 0 Å². The van der Waals surface area contributed by atoms with E-state index < -0.39 is 0 Å². The van der Waals surface area contributed by atoms with Crippen molar-refractivity contribution in [3.63, 3.8) is 0 Å². The Bertz CT molecular complexity index is 426. The third kappa shape index (κ3) is 1.88. The Morgan fingerprint density at radius 3 is 2.87 bits per heavy atom. The lowest BCUT2D eigenvalue weighted by Crippen LogP contribution is -2.24. The smallest absolute Gasteiger partial charge is 0.0714 e. The van der Waals surface area contributed by atoms with Crippen molar-refractivity contribution in [2.24, 2.45) is 0 Å². The molecule has 2 aromatic heterocycles. The van der Waals surface area contributed by atoms with Crippen LogP contribution < -0.4 is 0 Å². The number of hydrogen-bond acceptors (Lipinski definition) is 2. The van der Waals surface area contributed by atoms with E-state index in [0.29, 0.717) is 6.61 Å². The van der Waals surface area contributed by atoms with E-state index in [9.17, 15) is 0 Å². The zero-order valence-corrected chi connectivity index (χ0v) is 9.40. The predicted molar refractivity (Wildman–Crippen MR) is 60.1 cm³/mol. The molecule has 0 saturated heterocycles. The minimum Gasteiger partial charge on any atom is -0.384 e. The number of pyridine rings is 1. The SMILES string of the molecule is COCC(C)(C)c1cc2ccccn2n1. The van der Waals surface area contributed by atoms with Crippen molar-refractivity contribution in [2.45, 2.75) is 19.3 Å². The van der Waals surface area contributed by atoms with Gasteiger partial charge in [0, 0.05) is 18.7 Å². The van der Waals surface area contributed by atoms with E-state index in [1.54, 1.807) is 7.11 Å². The molecule has 0 bridgehead atoms. The minimum absolute atomic E-state index is 0.0409. The number of hydrogen-bond donors (Lipinski definition) is 0. The van der Waals surface area contributed by atoms with Gasteiger partial charge in [0.25, 0.3) is 0 Å². The van der Waals surface area contributed by atoms with E-state index in [0.717, 1.165) is 11.2 Å². The third-order valence-electron chi connectivity index (χ3n) is 2.57. The van der Waals surface area contributed by atoms with E-state index >= 15 is 0 Å². The molecule has 0 atom stereocenters. The van der Waals surface area contributed by atoms with Crippen molar-refractivity contribution in [2.75, 3.05) is 13.7 Å². The summed E-state index contributed by atoms with van der Waals surface area (Å²) in [6.45, 7) is 4.95.